The fourth-order valence-corrected chi connectivity index (χ4v) is 5.13. The molecule has 226 valence electrons. The predicted octanol–water partition coefficient (Wildman–Crippen LogP) is 0.614. The molecule has 0 aromatic carbocycles. The molecule has 11 nitrogen and oxygen atoms in total. The van der Waals surface area contributed by atoms with Gasteiger partial charge in [0.05, 0.1) is 18.2 Å². The zero-order chi connectivity index (χ0) is 30.1. The molecule has 0 radical (unpaired) electrons. The van der Waals surface area contributed by atoms with Crippen LogP contribution in [0.1, 0.15) is 46.0 Å². The van der Waals surface area contributed by atoms with Gasteiger partial charge in [0.15, 0.2) is 11.4 Å². The van der Waals surface area contributed by atoms with Crippen molar-refractivity contribution in [3.8, 4) is 0 Å². The summed E-state index contributed by atoms with van der Waals surface area (Å²) < 4.78 is 84.5. The van der Waals surface area contributed by atoms with Crippen molar-refractivity contribution in [1.82, 2.24) is 21.3 Å². The molecule has 4 fully saturated rings. The third-order valence-electron chi connectivity index (χ3n) is 7.02. The summed E-state index contributed by atoms with van der Waals surface area (Å²) in [4.78, 5) is 62.1. The molecule has 1 aliphatic carbocycles. The number of amides is 4. The molecule has 3 atom stereocenters. The van der Waals surface area contributed by atoms with E-state index < -0.39 is 77.7 Å². The van der Waals surface area contributed by atoms with Crippen LogP contribution in [0.4, 0.5) is 26.3 Å². The zero-order valence-electron chi connectivity index (χ0n) is 21.6. The highest BCUT2D eigenvalue weighted by Gasteiger charge is 2.68. The number of carbonyl (C=O) groups is 5. The van der Waals surface area contributed by atoms with Gasteiger partial charge in [-0.25, -0.2) is 0 Å². The molecule has 4 rings (SSSR count). The lowest BCUT2D eigenvalue weighted by molar-refractivity contribution is -0.321. The van der Waals surface area contributed by atoms with E-state index in [1.807, 2.05) is 5.32 Å². The van der Waals surface area contributed by atoms with Crippen LogP contribution in [-0.4, -0.2) is 84.9 Å². The van der Waals surface area contributed by atoms with Crippen molar-refractivity contribution in [2.75, 3.05) is 19.8 Å². The predicted molar refractivity (Wildman–Crippen MR) is 121 cm³/mol. The van der Waals surface area contributed by atoms with Gasteiger partial charge < -0.3 is 26.0 Å². The van der Waals surface area contributed by atoms with E-state index in [0.717, 1.165) is 0 Å². The van der Waals surface area contributed by atoms with Crippen LogP contribution in [0.3, 0.4) is 0 Å². The SMILES string of the molecule is CC(C)C[C@H](NC(=O)C12CC(NC(=O)C(F)(F)F)(CO1)C2)C(=O)N[C@@H](C[C@@H]1CCNC1=O)C(=O)COC(F)(F)F. The molecule has 0 aromatic rings. The summed E-state index contributed by atoms with van der Waals surface area (Å²) in [5.74, 6) is -6.45. The molecule has 40 heavy (non-hydrogen) atoms. The first-order valence-corrected chi connectivity index (χ1v) is 12.5. The Bertz CT molecular complexity index is 1030. The molecular formula is C23H30F6N4O7. The normalized spacial score (nSPS) is 27.4. The zero-order valence-corrected chi connectivity index (χ0v) is 21.6. The minimum Gasteiger partial charge on any atom is -0.363 e. The number of halogens is 6. The Kier molecular flexibility index (Phi) is 9.08. The van der Waals surface area contributed by atoms with Crippen molar-refractivity contribution in [3.05, 3.63) is 0 Å². The lowest BCUT2D eigenvalue weighted by Gasteiger charge is -2.44. The molecule has 4 N–H and O–H groups in total. The summed E-state index contributed by atoms with van der Waals surface area (Å²) in [5.41, 5.74) is -2.98. The van der Waals surface area contributed by atoms with Crippen LogP contribution in [0.25, 0.3) is 0 Å². The van der Waals surface area contributed by atoms with E-state index in [9.17, 15) is 50.3 Å². The molecular weight excluding hydrogens is 558 g/mol. The first-order valence-electron chi connectivity index (χ1n) is 12.5. The van der Waals surface area contributed by atoms with Crippen LogP contribution in [-0.2, 0) is 33.4 Å². The minimum atomic E-state index is -5.13. The molecule has 4 aliphatic rings. The average molecular weight is 589 g/mol. The molecule has 2 bridgehead atoms. The number of ether oxygens (including phenoxy) is 2. The molecule has 3 heterocycles. The van der Waals surface area contributed by atoms with E-state index in [1.54, 1.807) is 13.8 Å². The Labute approximate surface area is 224 Å². The number of alkyl halides is 6. The van der Waals surface area contributed by atoms with Gasteiger partial charge in [0.2, 0.25) is 11.8 Å². The second kappa shape index (κ2) is 11.5. The number of Topliss-reactive ketones (excluding diaryl/α,β-unsaturated/α-hetero) is 1. The first-order chi connectivity index (χ1) is 18.3. The van der Waals surface area contributed by atoms with Gasteiger partial charge >= 0.3 is 18.4 Å². The van der Waals surface area contributed by atoms with Gasteiger partial charge in [-0.15, -0.1) is 13.2 Å². The van der Waals surface area contributed by atoms with E-state index in [0.29, 0.717) is 0 Å². The monoisotopic (exact) mass is 588 g/mol. The van der Waals surface area contributed by atoms with Gasteiger partial charge in [-0.2, -0.15) is 13.2 Å². The molecule has 17 heteroatoms. The summed E-state index contributed by atoms with van der Waals surface area (Å²) >= 11 is 0. The topological polar surface area (TPSA) is 152 Å². The van der Waals surface area contributed by atoms with E-state index in [1.165, 1.54) is 0 Å². The van der Waals surface area contributed by atoms with Crippen molar-refractivity contribution in [2.24, 2.45) is 11.8 Å². The van der Waals surface area contributed by atoms with Gasteiger partial charge in [-0.1, -0.05) is 13.8 Å². The molecule has 4 amide bonds. The van der Waals surface area contributed by atoms with Gasteiger partial charge in [0.25, 0.3) is 5.91 Å². The lowest BCUT2D eigenvalue weighted by Crippen LogP contribution is -2.67. The van der Waals surface area contributed by atoms with Crippen LogP contribution in [0, 0.1) is 11.8 Å². The quantitative estimate of drug-likeness (QED) is 0.244. The second-order valence-corrected chi connectivity index (χ2v) is 10.8. The third-order valence-corrected chi connectivity index (χ3v) is 7.02. The Morgan fingerprint density at radius 1 is 1.07 bits per heavy atom. The maximum atomic E-state index is 13.2. The van der Waals surface area contributed by atoms with Crippen molar-refractivity contribution in [1.29, 1.82) is 0 Å². The highest BCUT2D eigenvalue weighted by atomic mass is 19.4. The highest BCUT2D eigenvalue weighted by Crippen LogP contribution is 2.52. The Balaban J connectivity index is 1.68. The molecule has 3 aliphatic heterocycles. The number of nitrogens with one attached hydrogen (secondary N) is 4. The number of fused-ring (bicyclic) bond motifs is 1. The number of carbonyl (C=O) groups excluding carboxylic acids is 5. The third kappa shape index (κ3) is 7.62. The number of hydrogen-bond donors (Lipinski definition) is 4. The largest absolute Gasteiger partial charge is 0.522 e. The highest BCUT2D eigenvalue weighted by molar-refractivity contribution is 5.96. The Morgan fingerprint density at radius 3 is 2.25 bits per heavy atom. The van der Waals surface area contributed by atoms with Gasteiger partial charge in [-0.05, 0) is 25.2 Å². The van der Waals surface area contributed by atoms with E-state index >= 15 is 0 Å². The smallest absolute Gasteiger partial charge is 0.363 e. The van der Waals surface area contributed by atoms with E-state index in [4.69, 9.17) is 4.74 Å². The van der Waals surface area contributed by atoms with E-state index in [2.05, 4.69) is 20.7 Å². The molecule has 0 spiro atoms. The second-order valence-electron chi connectivity index (χ2n) is 10.8. The summed E-state index contributed by atoms with van der Waals surface area (Å²) in [7, 11) is 0. The standard InChI is InChI=1S/C23H30F6N4O7/c1-11(2)5-14(32-18(37)21-8-20(9-21,10-40-21)33-19(38)22(24,25)26)17(36)31-13(6-12-3-4-30-16(12)35)15(34)7-39-23(27,28)29/h11-14H,3-10H2,1-2H3,(H,30,35)(H,31,36)(H,32,37)(H,33,38)/t12-,13-,14-,20?,21?/m0/s1. The fourth-order valence-electron chi connectivity index (χ4n) is 5.13. The van der Waals surface area contributed by atoms with Crippen molar-refractivity contribution in [2.45, 2.75) is 81.7 Å². The van der Waals surface area contributed by atoms with Crippen LogP contribution >= 0.6 is 0 Å². The molecule has 3 saturated heterocycles. The van der Waals surface area contributed by atoms with Crippen molar-refractivity contribution >= 4 is 29.4 Å². The van der Waals surface area contributed by atoms with Crippen LogP contribution < -0.4 is 21.3 Å². The maximum absolute atomic E-state index is 13.2. The first kappa shape index (κ1) is 31.6. The molecule has 0 unspecified atom stereocenters. The van der Waals surface area contributed by atoms with Gasteiger partial charge in [0.1, 0.15) is 12.6 Å². The minimum absolute atomic E-state index is 0.0213. The average Bonchev–Trinajstić information content (AvgIpc) is 3.49. The lowest BCUT2D eigenvalue weighted by atomic mass is 9.67. The van der Waals surface area contributed by atoms with Crippen molar-refractivity contribution < 1.29 is 59.8 Å². The number of rotatable bonds is 12. The number of hydrogen-bond acceptors (Lipinski definition) is 7. The Hall–Kier alpha value is -2.95. The molecule has 0 aromatic heterocycles. The summed E-state index contributed by atoms with van der Waals surface area (Å²) in [6, 6.07) is -2.84. The van der Waals surface area contributed by atoms with Crippen molar-refractivity contribution in [3.63, 3.8) is 0 Å². The van der Waals surface area contributed by atoms with Crippen LogP contribution in [0.15, 0.2) is 0 Å². The van der Waals surface area contributed by atoms with Gasteiger partial charge in [-0.3, -0.25) is 28.7 Å². The summed E-state index contributed by atoms with van der Waals surface area (Å²) in [5, 5.41) is 9.15. The Morgan fingerprint density at radius 2 is 1.73 bits per heavy atom. The van der Waals surface area contributed by atoms with E-state index in [-0.39, 0.29) is 51.2 Å². The molecule has 1 saturated carbocycles. The summed E-state index contributed by atoms with van der Waals surface area (Å²) in [6.45, 7) is 1.94. The number of ketones is 1. The summed E-state index contributed by atoms with van der Waals surface area (Å²) in [6.07, 6.45) is -10.8. The maximum Gasteiger partial charge on any atom is 0.522 e. The van der Waals surface area contributed by atoms with Crippen LogP contribution in [0.2, 0.25) is 0 Å². The van der Waals surface area contributed by atoms with Crippen LogP contribution in [0.5, 0.6) is 0 Å². The fraction of sp³-hybridized carbons (Fsp3) is 0.783. The van der Waals surface area contributed by atoms with Gasteiger partial charge in [0, 0.05) is 25.3 Å².